The van der Waals surface area contributed by atoms with Crippen molar-refractivity contribution in [2.24, 2.45) is 9.98 Å². The average molecular weight is 852 g/mol. The molecule has 2 rings (SSSR count). The summed E-state index contributed by atoms with van der Waals surface area (Å²) in [5, 5.41) is 0. The molecule has 0 unspecified atom stereocenters. The Labute approximate surface area is 377 Å². The minimum atomic E-state index is 0. The van der Waals surface area contributed by atoms with Crippen molar-refractivity contribution in [3.8, 4) is 11.8 Å². The summed E-state index contributed by atoms with van der Waals surface area (Å²) in [5.74, 6) is 7.31. The van der Waals surface area contributed by atoms with Gasteiger partial charge in [-0.25, -0.2) is 4.99 Å². The van der Waals surface area contributed by atoms with Crippen molar-refractivity contribution in [3.63, 3.8) is 0 Å². The molecule has 0 radical (unpaired) electrons. The molecule has 2 aromatic rings. The second-order valence-electron chi connectivity index (χ2n) is 17.6. The fraction of sp³-hybridized carbons (Fsp3) is 0.714. The summed E-state index contributed by atoms with van der Waals surface area (Å²) in [4.78, 5) is 11.0. The van der Waals surface area contributed by atoms with Gasteiger partial charge in [-0.2, -0.15) is 0 Å². The molecule has 0 heterocycles. The monoisotopic (exact) mass is 851 g/mol. The number of nitrogens with zero attached hydrogens (tertiary/aromatic N) is 2. The molecular weight excluding hydrogens is 759 g/mol. The Bertz CT molecular complexity index is 1370. The van der Waals surface area contributed by atoms with Gasteiger partial charge in [0.2, 0.25) is 0 Å². The molecule has 0 fully saturated rings. The second-order valence-corrected chi connectivity index (χ2v) is 17.6. The molecule has 0 aliphatic rings. The summed E-state index contributed by atoms with van der Waals surface area (Å²) < 4.78 is 0. The molecule has 0 bridgehead atoms. The maximum atomic E-state index is 5.52. The van der Waals surface area contributed by atoms with E-state index in [0.717, 1.165) is 67.7 Å². The molecule has 2 aromatic carbocycles. The molecule has 0 spiro atoms. The van der Waals surface area contributed by atoms with E-state index in [9.17, 15) is 0 Å². The van der Waals surface area contributed by atoms with Crippen LogP contribution in [-0.4, -0.2) is 11.4 Å². The first-order valence-electron chi connectivity index (χ1n) is 25.5. The molecule has 0 aliphatic carbocycles. The van der Waals surface area contributed by atoms with Crippen molar-refractivity contribution in [1.82, 2.24) is 0 Å². The van der Waals surface area contributed by atoms with Gasteiger partial charge in [0.1, 0.15) is 5.71 Å². The number of hydrogen-bond donors (Lipinski definition) is 0. The van der Waals surface area contributed by atoms with Gasteiger partial charge in [-0.15, -0.1) is 0 Å². The van der Waals surface area contributed by atoms with E-state index in [4.69, 9.17) is 9.98 Å². The van der Waals surface area contributed by atoms with Crippen molar-refractivity contribution >= 4 is 22.8 Å². The fourth-order valence-corrected chi connectivity index (χ4v) is 8.02. The van der Waals surface area contributed by atoms with Crippen molar-refractivity contribution < 1.29 is 16.5 Å². The first-order valence-corrected chi connectivity index (χ1v) is 25.5. The summed E-state index contributed by atoms with van der Waals surface area (Å²) in [6.45, 7) is 13.8. The number of unbranched alkanes of at least 4 members (excludes halogenated alkanes) is 23. The Hall–Kier alpha value is -2.17. The summed E-state index contributed by atoms with van der Waals surface area (Å²) in [7, 11) is 0. The molecule has 0 amide bonds. The molecule has 0 atom stereocenters. The molecule has 0 N–H and O–H groups in total. The third kappa shape index (κ3) is 28.1. The van der Waals surface area contributed by atoms with Crippen LogP contribution in [0, 0.1) is 11.8 Å². The van der Waals surface area contributed by atoms with Crippen molar-refractivity contribution in [1.29, 1.82) is 0 Å². The van der Waals surface area contributed by atoms with Crippen LogP contribution in [0.15, 0.2) is 46.4 Å². The maximum Gasteiger partial charge on any atom is 0.135 e. The van der Waals surface area contributed by atoms with Crippen LogP contribution in [0.3, 0.4) is 0 Å². The van der Waals surface area contributed by atoms with Gasteiger partial charge in [-0.3, -0.25) is 4.99 Å². The minimum Gasteiger partial charge on any atom is -0.250 e. The van der Waals surface area contributed by atoms with Crippen LogP contribution >= 0.6 is 0 Å². The van der Waals surface area contributed by atoms with E-state index in [-0.39, 0.29) is 16.5 Å². The Morgan fingerprint density at radius 2 is 0.695 bits per heavy atom. The van der Waals surface area contributed by atoms with Crippen LogP contribution in [0.1, 0.15) is 256 Å². The van der Waals surface area contributed by atoms with E-state index < -0.39 is 0 Å². The third-order valence-electron chi connectivity index (χ3n) is 11.8. The number of aryl methyl sites for hydroxylation is 4. The second kappa shape index (κ2) is 38.7. The molecule has 2 nitrogen and oxygen atoms in total. The van der Waals surface area contributed by atoms with Crippen LogP contribution < -0.4 is 0 Å². The Morgan fingerprint density at radius 3 is 1.07 bits per heavy atom. The Balaban J connectivity index is 0.0000174. The van der Waals surface area contributed by atoms with E-state index in [2.05, 4.69) is 89.8 Å². The smallest absolute Gasteiger partial charge is 0.135 e. The van der Waals surface area contributed by atoms with E-state index in [1.165, 1.54) is 196 Å². The van der Waals surface area contributed by atoms with E-state index in [1.54, 1.807) is 0 Å². The Morgan fingerprint density at radius 1 is 0.373 bits per heavy atom. The largest absolute Gasteiger partial charge is 0.250 e. The summed E-state index contributed by atoms with van der Waals surface area (Å²) in [5.41, 5.74) is 9.83. The van der Waals surface area contributed by atoms with Gasteiger partial charge in [-0.05, 0) is 123 Å². The topological polar surface area (TPSA) is 24.7 Å². The Kier molecular flexibility index (Phi) is 36.0. The van der Waals surface area contributed by atoms with Gasteiger partial charge in [-0.1, -0.05) is 201 Å². The number of benzene rings is 2. The molecule has 0 aliphatic heterocycles. The fourth-order valence-electron chi connectivity index (χ4n) is 8.02. The predicted molar refractivity (Wildman–Crippen MR) is 262 cm³/mol. The molecule has 0 saturated carbocycles. The van der Waals surface area contributed by atoms with Crippen LogP contribution in [-0.2, 0) is 42.2 Å². The van der Waals surface area contributed by atoms with E-state index in [0.29, 0.717) is 0 Å². The van der Waals surface area contributed by atoms with Crippen molar-refractivity contribution in [3.05, 3.63) is 58.7 Å². The van der Waals surface area contributed by atoms with Gasteiger partial charge in [0.05, 0.1) is 17.1 Å². The molecule has 3 heteroatoms. The number of aliphatic imine (C=N–C) groups is 2. The van der Waals surface area contributed by atoms with Crippen molar-refractivity contribution in [2.75, 3.05) is 0 Å². The molecular formula is C56H92N2Ni. The zero-order valence-corrected chi connectivity index (χ0v) is 40.7. The van der Waals surface area contributed by atoms with Crippen molar-refractivity contribution in [2.45, 2.75) is 260 Å². The molecule has 336 valence electrons. The average Bonchev–Trinajstić information content (AvgIpc) is 3.23. The first-order chi connectivity index (χ1) is 28.6. The van der Waals surface area contributed by atoms with Gasteiger partial charge >= 0.3 is 0 Å². The van der Waals surface area contributed by atoms with Crippen LogP contribution in [0.25, 0.3) is 0 Å². The minimum absolute atomic E-state index is 0. The normalized spacial score (nSPS) is 11.8. The summed E-state index contributed by atoms with van der Waals surface area (Å²) in [6, 6.07) is 14.3. The van der Waals surface area contributed by atoms with Gasteiger partial charge in [0, 0.05) is 22.9 Å². The predicted octanol–water partition coefficient (Wildman–Crippen LogP) is 18.5. The first kappa shape index (κ1) is 54.9. The standard InChI is InChI=1S/C56H92N2.Ni/c1-7-13-19-21-22-23-24-25-26-27-28-29-30-31-32-33-34-36-42-56(58-54-47-51(39-17-11-5)44-52(48-54)40-18-12-6)55(41-35-20-14-8-2)57-53-45-49(37-15-9-3)43-50(46-53)38-16-10-4;/h43-48H,7-35,37-41H2,1-6H3;/b57-55+,58-56+;. The molecule has 0 aromatic heterocycles. The van der Waals surface area contributed by atoms with Gasteiger partial charge in [0.15, 0.2) is 0 Å². The van der Waals surface area contributed by atoms with E-state index in [1.807, 2.05) is 0 Å². The zero-order valence-electron chi connectivity index (χ0n) is 39.7. The van der Waals surface area contributed by atoms with Crippen LogP contribution in [0.5, 0.6) is 0 Å². The van der Waals surface area contributed by atoms with E-state index >= 15 is 0 Å². The quantitative estimate of drug-likeness (QED) is 0.0282. The summed E-state index contributed by atoms with van der Waals surface area (Å²) >= 11 is 0. The SMILES string of the molecule is CCCCCCCCCCCCCCCCCCC#CC(=N\c1cc(CCCC)cc(CCCC)c1)/C(CCCCCC)=N/c1cc(CCCC)cc(CCCC)c1.[Ni]. The number of hydrogen-bond acceptors (Lipinski definition) is 2. The zero-order chi connectivity index (χ0) is 41.7. The number of rotatable bonds is 36. The molecule has 0 saturated heterocycles. The van der Waals surface area contributed by atoms with Gasteiger partial charge in [0.25, 0.3) is 0 Å². The molecule has 59 heavy (non-hydrogen) atoms. The van der Waals surface area contributed by atoms with Gasteiger partial charge < -0.3 is 0 Å². The maximum absolute atomic E-state index is 5.52. The third-order valence-corrected chi connectivity index (χ3v) is 11.8. The van der Waals surface area contributed by atoms with Crippen LogP contribution in [0.2, 0.25) is 0 Å². The summed E-state index contributed by atoms with van der Waals surface area (Å²) in [6.07, 6.45) is 43.2. The van der Waals surface area contributed by atoms with Crippen LogP contribution in [0.4, 0.5) is 11.4 Å².